The number of pyridine rings is 1. The van der Waals surface area contributed by atoms with Crippen LogP contribution in [0.15, 0.2) is 41.1 Å². The maximum atomic E-state index is 14.0. The zero-order chi connectivity index (χ0) is 19.8. The van der Waals surface area contributed by atoms with E-state index in [1.807, 2.05) is 0 Å². The molecule has 0 bridgehead atoms. The Hall–Kier alpha value is -2.52. The summed E-state index contributed by atoms with van der Waals surface area (Å²) in [6.07, 6.45) is -3.64. The first-order valence-corrected chi connectivity index (χ1v) is 8.04. The van der Waals surface area contributed by atoms with Gasteiger partial charge in [-0.15, -0.1) is 0 Å². The number of halogens is 5. The van der Waals surface area contributed by atoms with Gasteiger partial charge in [0.2, 0.25) is 5.89 Å². The van der Waals surface area contributed by atoms with Crippen LogP contribution in [0.4, 0.5) is 17.6 Å². The van der Waals surface area contributed by atoms with Gasteiger partial charge in [0, 0.05) is 6.20 Å². The summed E-state index contributed by atoms with van der Waals surface area (Å²) in [6.45, 7) is 1.58. The fourth-order valence-electron chi connectivity index (χ4n) is 2.64. The number of aromatic nitrogens is 3. The second-order valence-electron chi connectivity index (χ2n) is 5.97. The van der Waals surface area contributed by atoms with Crippen LogP contribution in [-0.2, 0) is 18.1 Å². The molecule has 0 radical (unpaired) electrons. The van der Waals surface area contributed by atoms with Crippen LogP contribution < -0.4 is 5.73 Å². The molecule has 0 saturated carbocycles. The Kier molecular flexibility index (Phi) is 4.92. The summed E-state index contributed by atoms with van der Waals surface area (Å²) < 4.78 is 58.4. The lowest BCUT2D eigenvalue weighted by molar-refractivity contribution is -0.137. The van der Waals surface area contributed by atoms with E-state index in [2.05, 4.69) is 15.1 Å². The average Bonchev–Trinajstić information content (AvgIpc) is 2.98. The normalized spacial score (nSPS) is 14.2. The van der Waals surface area contributed by atoms with Gasteiger partial charge in [0.15, 0.2) is 5.82 Å². The molecule has 0 aliphatic carbocycles. The molecule has 2 N–H and O–H groups in total. The molecule has 1 atom stereocenters. The molecule has 2 heterocycles. The highest BCUT2D eigenvalue weighted by atomic mass is 35.5. The zero-order valence-electron chi connectivity index (χ0n) is 13.9. The van der Waals surface area contributed by atoms with Gasteiger partial charge in [-0.25, -0.2) is 4.39 Å². The predicted octanol–water partition coefficient (Wildman–Crippen LogP) is 4.03. The van der Waals surface area contributed by atoms with E-state index in [9.17, 15) is 17.6 Å². The van der Waals surface area contributed by atoms with E-state index in [0.29, 0.717) is 16.9 Å². The van der Waals surface area contributed by atoms with E-state index in [0.717, 1.165) is 12.1 Å². The molecule has 0 spiro atoms. The minimum atomic E-state index is -4.74. The van der Waals surface area contributed by atoms with Crippen molar-refractivity contribution in [3.8, 4) is 0 Å². The summed E-state index contributed by atoms with van der Waals surface area (Å²) in [5.41, 5.74) is 3.65. The Balaban J connectivity index is 2.17. The Labute approximate surface area is 156 Å². The Morgan fingerprint density at radius 1 is 1.15 bits per heavy atom. The Morgan fingerprint density at radius 2 is 1.85 bits per heavy atom. The molecule has 0 aliphatic heterocycles. The van der Waals surface area contributed by atoms with Crippen LogP contribution in [-0.4, -0.2) is 15.1 Å². The smallest absolute Gasteiger partial charge is 0.339 e. The van der Waals surface area contributed by atoms with Gasteiger partial charge in [-0.1, -0.05) is 16.8 Å². The molecule has 2 aromatic heterocycles. The van der Waals surface area contributed by atoms with Crippen molar-refractivity contribution in [3.63, 3.8) is 0 Å². The molecule has 0 fully saturated rings. The fraction of sp³-hybridized carbons (Fsp3) is 0.235. The lowest BCUT2D eigenvalue weighted by atomic mass is 9.83. The minimum Gasteiger partial charge on any atom is -0.339 e. The lowest BCUT2D eigenvalue weighted by Crippen LogP contribution is -2.41. The van der Waals surface area contributed by atoms with Gasteiger partial charge in [0.1, 0.15) is 5.82 Å². The number of benzene rings is 1. The van der Waals surface area contributed by atoms with Gasteiger partial charge in [0.25, 0.3) is 0 Å². The number of hydrogen-bond donors (Lipinski definition) is 1. The monoisotopic (exact) mass is 400 g/mol. The van der Waals surface area contributed by atoms with Crippen molar-refractivity contribution >= 4 is 11.6 Å². The second-order valence-corrected chi connectivity index (χ2v) is 6.41. The Morgan fingerprint density at radius 3 is 2.41 bits per heavy atom. The van der Waals surface area contributed by atoms with E-state index < -0.39 is 23.1 Å². The molecule has 0 amide bonds. The zero-order valence-corrected chi connectivity index (χ0v) is 14.6. The van der Waals surface area contributed by atoms with Crippen molar-refractivity contribution in [2.45, 2.75) is 25.1 Å². The maximum Gasteiger partial charge on any atom is 0.416 e. The number of rotatable bonds is 4. The first-order valence-electron chi connectivity index (χ1n) is 7.66. The van der Waals surface area contributed by atoms with Crippen LogP contribution in [0.1, 0.15) is 28.5 Å². The van der Waals surface area contributed by atoms with Crippen molar-refractivity contribution in [3.05, 3.63) is 75.9 Å². The highest BCUT2D eigenvalue weighted by Crippen LogP contribution is 2.36. The van der Waals surface area contributed by atoms with Gasteiger partial charge < -0.3 is 10.3 Å². The number of nitrogens with zero attached hydrogens (tertiary/aromatic N) is 3. The largest absolute Gasteiger partial charge is 0.416 e. The van der Waals surface area contributed by atoms with Gasteiger partial charge in [-0.05, 0) is 42.8 Å². The molecule has 1 aromatic carbocycles. The average molecular weight is 401 g/mol. The van der Waals surface area contributed by atoms with Crippen LogP contribution in [0.2, 0.25) is 5.02 Å². The highest BCUT2D eigenvalue weighted by molar-refractivity contribution is 6.30. The van der Waals surface area contributed by atoms with Gasteiger partial charge in [-0.2, -0.15) is 18.2 Å². The van der Waals surface area contributed by atoms with E-state index in [-0.39, 0.29) is 23.6 Å². The molecule has 27 heavy (non-hydrogen) atoms. The summed E-state index contributed by atoms with van der Waals surface area (Å²) in [5, 5.41) is 3.95. The standard InChI is InChI=1S/C17H13ClF4N4O/c1-9-25-15(27-26-9)7-16(23,14-3-2-12(18)8-24-14)10-4-11(17(20,21)22)6-13(19)5-10/h2-6,8H,7,23H2,1H3. The number of hydrogen-bond acceptors (Lipinski definition) is 5. The molecule has 0 saturated heterocycles. The van der Waals surface area contributed by atoms with E-state index >= 15 is 0 Å². The third-order valence-electron chi connectivity index (χ3n) is 3.92. The van der Waals surface area contributed by atoms with Crippen molar-refractivity contribution in [1.29, 1.82) is 0 Å². The van der Waals surface area contributed by atoms with Crippen molar-refractivity contribution in [2.24, 2.45) is 5.73 Å². The highest BCUT2D eigenvalue weighted by Gasteiger charge is 2.38. The van der Waals surface area contributed by atoms with E-state index in [1.54, 1.807) is 6.92 Å². The minimum absolute atomic E-state index is 0.0737. The quantitative estimate of drug-likeness (QED) is 0.669. The molecule has 3 aromatic rings. The molecule has 0 aliphatic rings. The fourth-order valence-corrected chi connectivity index (χ4v) is 2.75. The van der Waals surface area contributed by atoms with Gasteiger partial charge >= 0.3 is 6.18 Å². The summed E-state index contributed by atoms with van der Waals surface area (Å²) in [5.74, 6) is -0.679. The van der Waals surface area contributed by atoms with Crippen LogP contribution >= 0.6 is 11.6 Å². The number of nitrogens with two attached hydrogens (primary N) is 1. The second kappa shape index (κ2) is 6.90. The SMILES string of the molecule is Cc1noc(CC(N)(c2cc(F)cc(C(F)(F)F)c2)c2ccc(Cl)cn2)n1. The predicted molar refractivity (Wildman–Crippen MR) is 88.4 cm³/mol. The van der Waals surface area contributed by atoms with Crippen LogP contribution in [0, 0.1) is 12.7 Å². The first-order chi connectivity index (χ1) is 12.6. The van der Waals surface area contributed by atoms with Crippen molar-refractivity contribution < 1.29 is 22.1 Å². The summed E-state index contributed by atoms with van der Waals surface area (Å²) in [4.78, 5) is 8.13. The topological polar surface area (TPSA) is 77.8 Å². The maximum absolute atomic E-state index is 14.0. The van der Waals surface area contributed by atoms with E-state index in [1.165, 1.54) is 18.3 Å². The summed E-state index contributed by atoms with van der Waals surface area (Å²) in [7, 11) is 0. The molecular formula is C17H13ClF4N4O. The first kappa shape index (κ1) is 19.2. The number of aryl methyl sites for hydroxylation is 1. The molecule has 10 heteroatoms. The van der Waals surface area contributed by atoms with Crippen LogP contribution in [0.5, 0.6) is 0 Å². The van der Waals surface area contributed by atoms with Gasteiger partial charge in [0.05, 0.1) is 28.2 Å². The van der Waals surface area contributed by atoms with Crippen molar-refractivity contribution in [1.82, 2.24) is 15.1 Å². The molecule has 1 unspecified atom stereocenters. The molecule has 142 valence electrons. The van der Waals surface area contributed by atoms with Crippen LogP contribution in [0.25, 0.3) is 0 Å². The molecular weight excluding hydrogens is 388 g/mol. The van der Waals surface area contributed by atoms with Crippen LogP contribution in [0.3, 0.4) is 0 Å². The third-order valence-corrected chi connectivity index (χ3v) is 4.15. The summed E-state index contributed by atoms with van der Waals surface area (Å²) in [6, 6.07) is 5.03. The number of alkyl halides is 3. The third kappa shape index (κ3) is 4.09. The van der Waals surface area contributed by atoms with Gasteiger partial charge in [-0.3, -0.25) is 4.98 Å². The van der Waals surface area contributed by atoms with Crippen molar-refractivity contribution in [2.75, 3.05) is 0 Å². The van der Waals surface area contributed by atoms with E-state index in [4.69, 9.17) is 21.9 Å². The summed E-state index contributed by atoms with van der Waals surface area (Å²) >= 11 is 5.83. The molecule has 3 rings (SSSR count). The Bertz CT molecular complexity index is 958. The lowest BCUT2D eigenvalue weighted by Gasteiger charge is -2.29. The molecule has 5 nitrogen and oxygen atoms in total.